The van der Waals surface area contributed by atoms with E-state index < -0.39 is 11.5 Å². The van der Waals surface area contributed by atoms with Gasteiger partial charge in [0, 0.05) is 31.1 Å². The maximum atomic E-state index is 13.0. The molecule has 0 saturated carbocycles. The molecule has 7 nitrogen and oxygen atoms in total. The van der Waals surface area contributed by atoms with Gasteiger partial charge in [-0.1, -0.05) is 24.3 Å². The van der Waals surface area contributed by atoms with Crippen molar-refractivity contribution in [2.75, 3.05) is 13.1 Å². The molecule has 0 bridgehead atoms. The number of hydrogen-bond donors (Lipinski definition) is 2. The normalized spacial score (nSPS) is 20.8. The van der Waals surface area contributed by atoms with Gasteiger partial charge in [-0.25, -0.2) is 5.48 Å². The Hall–Kier alpha value is -3.45. The smallest absolute Gasteiger partial charge is 0.267 e. The molecule has 4 rings (SSSR count). The van der Waals surface area contributed by atoms with Gasteiger partial charge in [-0.2, -0.15) is 0 Å². The Morgan fingerprint density at radius 3 is 2.68 bits per heavy atom. The molecule has 2 heterocycles. The number of rotatable bonds is 3. The lowest BCUT2D eigenvalue weighted by atomic mass is 9.84. The first-order chi connectivity index (χ1) is 15.0. The molecule has 2 aliphatic rings. The molecule has 1 fully saturated rings. The Kier molecular flexibility index (Phi) is 5.86. The minimum Gasteiger partial charge on any atom is -0.486 e. The third kappa shape index (κ3) is 4.51. The molecule has 1 saturated heterocycles. The van der Waals surface area contributed by atoms with Crippen LogP contribution >= 0.6 is 0 Å². The number of carbonyl (C=O) groups excluding carboxylic acids is 3. The van der Waals surface area contributed by atoms with E-state index in [4.69, 9.17) is 9.94 Å². The van der Waals surface area contributed by atoms with E-state index in [2.05, 4.69) is 0 Å². The van der Waals surface area contributed by atoms with E-state index >= 15 is 0 Å². The van der Waals surface area contributed by atoms with Crippen molar-refractivity contribution < 1.29 is 24.3 Å². The summed E-state index contributed by atoms with van der Waals surface area (Å²) in [6.45, 7) is 1.17. The lowest BCUT2D eigenvalue weighted by molar-refractivity contribution is -0.124. The largest absolute Gasteiger partial charge is 0.486 e. The maximum absolute atomic E-state index is 13.0. The number of ketones is 1. The van der Waals surface area contributed by atoms with Gasteiger partial charge in [0.15, 0.2) is 5.78 Å². The predicted octanol–water partition coefficient (Wildman–Crippen LogP) is 3.24. The topological polar surface area (TPSA) is 95.9 Å². The molecule has 1 unspecified atom stereocenters. The number of Topliss-reactive ketones (excluding diaryl/α,β-unsaturated/α-hetero) is 1. The molecule has 0 radical (unpaired) electrons. The van der Waals surface area contributed by atoms with Gasteiger partial charge >= 0.3 is 0 Å². The quantitative estimate of drug-likeness (QED) is 0.452. The number of nitrogens with one attached hydrogen (secondary N) is 1. The third-order valence-corrected chi connectivity index (χ3v) is 5.86. The van der Waals surface area contributed by atoms with Crippen LogP contribution in [0.3, 0.4) is 0 Å². The summed E-state index contributed by atoms with van der Waals surface area (Å²) < 4.78 is 6.34. The average molecular weight is 420 g/mol. The van der Waals surface area contributed by atoms with Crippen molar-refractivity contribution in [2.24, 2.45) is 0 Å². The van der Waals surface area contributed by atoms with Crippen molar-refractivity contribution in [1.82, 2.24) is 10.4 Å². The van der Waals surface area contributed by atoms with Crippen molar-refractivity contribution in [3.63, 3.8) is 0 Å². The minimum atomic E-state index is -0.646. The number of ether oxygens (including phenoxy) is 1. The number of nitrogens with zero attached hydrogens (tertiary/aromatic N) is 1. The number of hydrogen-bond acceptors (Lipinski definition) is 5. The van der Waals surface area contributed by atoms with Gasteiger partial charge in [0.25, 0.3) is 11.8 Å². The first-order valence-electron chi connectivity index (χ1n) is 10.3. The molecule has 2 aromatic carbocycles. The Morgan fingerprint density at radius 2 is 1.90 bits per heavy atom. The van der Waals surface area contributed by atoms with Gasteiger partial charge in [-0.05, 0) is 48.7 Å². The van der Waals surface area contributed by atoms with Crippen LogP contribution < -0.4 is 10.2 Å². The van der Waals surface area contributed by atoms with Crippen LogP contribution in [-0.2, 0) is 4.79 Å². The molecule has 0 aliphatic carbocycles. The molecule has 2 amide bonds. The third-order valence-electron chi connectivity index (χ3n) is 5.86. The van der Waals surface area contributed by atoms with Gasteiger partial charge in [-0.15, -0.1) is 0 Å². The predicted molar refractivity (Wildman–Crippen MR) is 114 cm³/mol. The Bertz CT molecular complexity index is 1030. The van der Waals surface area contributed by atoms with Crippen LogP contribution in [0.15, 0.2) is 54.6 Å². The zero-order valence-electron chi connectivity index (χ0n) is 17.0. The molecule has 2 aromatic rings. The van der Waals surface area contributed by atoms with Gasteiger partial charge in [-0.3, -0.25) is 19.6 Å². The van der Waals surface area contributed by atoms with E-state index in [1.807, 2.05) is 35.2 Å². The summed E-state index contributed by atoms with van der Waals surface area (Å²) in [6.07, 6.45) is 5.02. The number of likely N-dealkylation sites (tertiary alicyclic amines) is 1. The van der Waals surface area contributed by atoms with Crippen LogP contribution in [0.5, 0.6) is 5.75 Å². The van der Waals surface area contributed by atoms with E-state index in [1.54, 1.807) is 18.2 Å². The van der Waals surface area contributed by atoms with Crippen LogP contribution in [0.4, 0.5) is 0 Å². The molecular formula is C24H24N2O5. The van der Waals surface area contributed by atoms with Gasteiger partial charge in [0.2, 0.25) is 0 Å². The molecule has 31 heavy (non-hydrogen) atoms. The van der Waals surface area contributed by atoms with Crippen LogP contribution in [0.1, 0.15) is 52.0 Å². The number of amides is 2. The maximum Gasteiger partial charge on any atom is 0.267 e. The fourth-order valence-electron chi connectivity index (χ4n) is 4.24. The Morgan fingerprint density at radius 1 is 1.10 bits per heavy atom. The standard InChI is InChI=1S/C24H24N2O5/c27-20-16-24(31-21-9-7-17(15-19(20)21)8-10-22(28)25-30)11-4-13-26(14-12-24)23(29)18-5-2-1-3-6-18/h1-3,5-10,15,30H,4,11-14,16H2,(H,25,28). The highest BCUT2D eigenvalue weighted by Crippen LogP contribution is 2.40. The molecule has 160 valence electrons. The summed E-state index contributed by atoms with van der Waals surface area (Å²) in [4.78, 5) is 38.8. The van der Waals surface area contributed by atoms with Crippen LogP contribution in [-0.4, -0.2) is 46.4 Å². The fraction of sp³-hybridized carbons (Fsp3) is 0.292. The zero-order valence-corrected chi connectivity index (χ0v) is 17.0. The first kappa shape index (κ1) is 20.8. The summed E-state index contributed by atoms with van der Waals surface area (Å²) in [5.74, 6) is -0.121. The van der Waals surface area contributed by atoms with E-state index in [9.17, 15) is 14.4 Å². The highest BCUT2D eigenvalue weighted by molar-refractivity contribution is 6.01. The van der Waals surface area contributed by atoms with Crippen LogP contribution in [0.2, 0.25) is 0 Å². The monoisotopic (exact) mass is 420 g/mol. The first-order valence-corrected chi connectivity index (χ1v) is 10.3. The molecule has 2 aliphatic heterocycles. The van der Waals surface area contributed by atoms with Crippen LogP contribution in [0.25, 0.3) is 6.08 Å². The second-order valence-corrected chi connectivity index (χ2v) is 7.96. The van der Waals surface area contributed by atoms with Crippen molar-refractivity contribution in [1.29, 1.82) is 0 Å². The van der Waals surface area contributed by atoms with Crippen molar-refractivity contribution >= 4 is 23.7 Å². The molecule has 1 atom stereocenters. The van der Waals surface area contributed by atoms with E-state index in [0.29, 0.717) is 48.4 Å². The van der Waals surface area contributed by atoms with Gasteiger partial charge in [0.1, 0.15) is 11.4 Å². The summed E-state index contributed by atoms with van der Waals surface area (Å²) in [5, 5.41) is 8.58. The number of carbonyl (C=O) groups is 3. The summed E-state index contributed by atoms with van der Waals surface area (Å²) in [7, 11) is 0. The highest BCUT2D eigenvalue weighted by atomic mass is 16.5. The minimum absolute atomic E-state index is 0.00327. The van der Waals surface area contributed by atoms with Gasteiger partial charge in [0.05, 0.1) is 12.0 Å². The highest BCUT2D eigenvalue weighted by Gasteiger charge is 2.42. The molecular weight excluding hydrogens is 396 g/mol. The number of fused-ring (bicyclic) bond motifs is 1. The molecule has 2 N–H and O–H groups in total. The Balaban J connectivity index is 1.49. The van der Waals surface area contributed by atoms with E-state index in [-0.39, 0.29) is 18.1 Å². The fourth-order valence-corrected chi connectivity index (χ4v) is 4.24. The second-order valence-electron chi connectivity index (χ2n) is 7.96. The van der Waals surface area contributed by atoms with Crippen molar-refractivity contribution in [3.05, 3.63) is 71.3 Å². The van der Waals surface area contributed by atoms with Gasteiger partial charge < -0.3 is 9.64 Å². The lowest BCUT2D eigenvalue weighted by Crippen LogP contribution is -2.43. The summed E-state index contributed by atoms with van der Waals surface area (Å²) >= 11 is 0. The summed E-state index contributed by atoms with van der Waals surface area (Å²) in [6, 6.07) is 14.4. The molecule has 1 spiro atoms. The average Bonchev–Trinajstić information content (AvgIpc) is 3.00. The second kappa shape index (κ2) is 8.73. The zero-order chi connectivity index (χ0) is 21.8. The number of hydroxylamine groups is 1. The molecule has 7 heteroatoms. The lowest BCUT2D eigenvalue weighted by Gasteiger charge is -2.37. The van der Waals surface area contributed by atoms with E-state index in [0.717, 1.165) is 6.42 Å². The Labute approximate surface area is 180 Å². The van der Waals surface area contributed by atoms with Crippen molar-refractivity contribution in [2.45, 2.75) is 31.3 Å². The SMILES string of the molecule is O=C(C=Cc1ccc2c(c1)C(=O)CC1(CCCN(C(=O)c3ccccc3)CC1)O2)NO. The molecule has 0 aromatic heterocycles. The summed E-state index contributed by atoms with van der Waals surface area (Å²) in [5.41, 5.74) is 2.73. The number of benzene rings is 2. The van der Waals surface area contributed by atoms with Crippen molar-refractivity contribution in [3.8, 4) is 5.75 Å². The van der Waals surface area contributed by atoms with Crippen LogP contribution in [0, 0.1) is 0 Å². The van der Waals surface area contributed by atoms with E-state index in [1.165, 1.54) is 17.6 Å².